The number of halogens is 6. The molecule has 0 aliphatic carbocycles. The van der Waals surface area contributed by atoms with E-state index < -0.39 is 81.8 Å². The van der Waals surface area contributed by atoms with Gasteiger partial charge >= 0.3 is 18.3 Å². The van der Waals surface area contributed by atoms with Gasteiger partial charge in [-0.2, -0.15) is 13.2 Å². The smallest absolute Gasteiger partial charge is 0.419 e. The summed E-state index contributed by atoms with van der Waals surface area (Å²) in [5.74, 6) is 0.244. The number of amides is 4. The highest BCUT2D eigenvalue weighted by molar-refractivity contribution is 6.31. The molecular formula is C24H21ClF5N5O4. The van der Waals surface area contributed by atoms with Crippen molar-refractivity contribution in [2.75, 3.05) is 23.4 Å². The molecule has 0 unspecified atom stereocenters. The van der Waals surface area contributed by atoms with Crippen molar-refractivity contribution in [2.45, 2.75) is 45.5 Å². The summed E-state index contributed by atoms with van der Waals surface area (Å²) in [6.07, 6.45) is -6.16. The summed E-state index contributed by atoms with van der Waals surface area (Å²) in [4.78, 5) is 41.2. The lowest BCUT2D eigenvalue weighted by Gasteiger charge is -2.26. The molecule has 3 rings (SSSR count). The van der Waals surface area contributed by atoms with Crippen LogP contribution in [0.5, 0.6) is 0 Å². The molecular weight excluding hydrogens is 553 g/mol. The van der Waals surface area contributed by atoms with E-state index in [1.165, 1.54) is 27.7 Å². The van der Waals surface area contributed by atoms with Crippen LogP contribution in [0.15, 0.2) is 18.2 Å². The number of aromatic nitrogens is 2. The van der Waals surface area contributed by atoms with Gasteiger partial charge in [0.05, 0.1) is 17.8 Å². The first kappa shape index (κ1) is 29.6. The van der Waals surface area contributed by atoms with Crippen molar-refractivity contribution in [1.29, 1.82) is 0 Å². The van der Waals surface area contributed by atoms with Crippen LogP contribution in [0.1, 0.15) is 39.0 Å². The summed E-state index contributed by atoms with van der Waals surface area (Å²) in [5, 5.41) is 6.19. The molecule has 0 bridgehead atoms. The summed E-state index contributed by atoms with van der Waals surface area (Å²) in [5.41, 5.74) is -3.64. The van der Waals surface area contributed by atoms with E-state index in [9.17, 15) is 36.3 Å². The monoisotopic (exact) mass is 573 g/mol. The molecule has 0 N–H and O–H groups in total. The van der Waals surface area contributed by atoms with E-state index >= 15 is 0 Å². The average Bonchev–Trinajstić information content (AvgIpc) is 3.17. The third-order valence-electron chi connectivity index (χ3n) is 5.29. The molecule has 1 atom stereocenters. The van der Waals surface area contributed by atoms with E-state index in [4.69, 9.17) is 16.3 Å². The van der Waals surface area contributed by atoms with Crippen LogP contribution in [0.25, 0.3) is 0 Å². The standard InChI is InChI=1S/C24H21ClF5N5O4/c1-6-7-14-12(24(28,29)30)10-17(32-31-14)35-16(11-34(21(35)37)22(38)39-23(2,3)4)20(36)33(5)15-9-8-13(26)18(25)19(15)27/h8-10,16H,11H2,1-5H3/t16-/m0/s1. The maximum Gasteiger partial charge on any atom is 0.419 e. The highest BCUT2D eigenvalue weighted by atomic mass is 35.5. The minimum Gasteiger partial charge on any atom is -0.443 e. The normalized spacial score (nSPS) is 15.7. The molecule has 0 spiro atoms. The number of anilines is 2. The van der Waals surface area contributed by atoms with Crippen molar-refractivity contribution in [3.8, 4) is 11.8 Å². The Hall–Kier alpha value is -3.99. The molecule has 15 heteroatoms. The number of alkyl halides is 3. The number of rotatable bonds is 3. The summed E-state index contributed by atoms with van der Waals surface area (Å²) in [7, 11) is 1.07. The molecule has 39 heavy (non-hydrogen) atoms. The van der Waals surface area contributed by atoms with Crippen molar-refractivity contribution in [1.82, 2.24) is 15.1 Å². The number of hydrogen-bond acceptors (Lipinski definition) is 6. The number of likely N-dealkylation sites (N-methyl/N-ethyl adjacent to an activating group) is 1. The number of carbonyl (C=O) groups is 3. The third-order valence-corrected chi connectivity index (χ3v) is 5.63. The summed E-state index contributed by atoms with van der Waals surface area (Å²) >= 11 is 5.61. The van der Waals surface area contributed by atoms with Gasteiger partial charge in [-0.05, 0) is 51.8 Å². The van der Waals surface area contributed by atoms with Crippen molar-refractivity contribution >= 4 is 41.1 Å². The quantitative estimate of drug-likeness (QED) is 0.291. The first-order chi connectivity index (χ1) is 18.0. The molecule has 0 radical (unpaired) electrons. The predicted octanol–water partition coefficient (Wildman–Crippen LogP) is 5.01. The Morgan fingerprint density at radius 2 is 1.82 bits per heavy atom. The van der Waals surface area contributed by atoms with Crippen LogP contribution in [0, 0.1) is 23.5 Å². The average molecular weight is 574 g/mol. The second-order valence-electron chi connectivity index (χ2n) is 9.19. The van der Waals surface area contributed by atoms with E-state index in [0.717, 1.165) is 19.2 Å². The maximum absolute atomic E-state index is 14.7. The second kappa shape index (κ2) is 10.6. The van der Waals surface area contributed by atoms with Crippen molar-refractivity contribution < 1.29 is 41.1 Å². The highest BCUT2D eigenvalue weighted by Gasteiger charge is 2.49. The number of carbonyl (C=O) groups excluding carboxylic acids is 3. The highest BCUT2D eigenvalue weighted by Crippen LogP contribution is 2.35. The molecule has 0 saturated carbocycles. The largest absolute Gasteiger partial charge is 0.443 e. The number of imide groups is 1. The molecule has 2 heterocycles. The maximum atomic E-state index is 14.7. The van der Waals surface area contributed by atoms with Gasteiger partial charge in [-0.15, -0.1) is 10.2 Å². The van der Waals surface area contributed by atoms with Gasteiger partial charge in [-0.1, -0.05) is 17.5 Å². The fourth-order valence-electron chi connectivity index (χ4n) is 3.55. The molecule has 4 amide bonds. The fourth-order valence-corrected chi connectivity index (χ4v) is 3.71. The number of ether oxygens (including phenoxy) is 1. The second-order valence-corrected chi connectivity index (χ2v) is 9.57. The van der Waals surface area contributed by atoms with E-state index in [0.29, 0.717) is 20.8 Å². The first-order valence-corrected chi connectivity index (χ1v) is 11.5. The van der Waals surface area contributed by atoms with E-state index in [1.807, 2.05) is 0 Å². The van der Waals surface area contributed by atoms with Crippen molar-refractivity contribution in [3.63, 3.8) is 0 Å². The molecule has 1 aromatic carbocycles. The molecule has 208 valence electrons. The molecule has 1 aliphatic rings. The lowest BCUT2D eigenvalue weighted by Crippen LogP contribution is -2.47. The first-order valence-electron chi connectivity index (χ1n) is 11.1. The Morgan fingerprint density at radius 1 is 1.18 bits per heavy atom. The number of nitrogens with zero attached hydrogens (tertiary/aromatic N) is 5. The topological polar surface area (TPSA) is 95.9 Å². The lowest BCUT2D eigenvalue weighted by atomic mass is 10.1. The molecule has 1 fully saturated rings. The van der Waals surface area contributed by atoms with Gasteiger partial charge in [0.2, 0.25) is 0 Å². The Kier molecular flexibility index (Phi) is 8.07. The van der Waals surface area contributed by atoms with Crippen LogP contribution in [0.3, 0.4) is 0 Å². The molecule has 1 aliphatic heterocycles. The van der Waals surface area contributed by atoms with Gasteiger partial charge in [0.25, 0.3) is 5.91 Å². The molecule has 1 saturated heterocycles. The fraction of sp³-hybridized carbons (Fsp3) is 0.375. The zero-order valence-electron chi connectivity index (χ0n) is 21.2. The van der Waals surface area contributed by atoms with Crippen LogP contribution < -0.4 is 9.80 Å². The van der Waals surface area contributed by atoms with Gasteiger partial charge in [-0.3, -0.25) is 9.69 Å². The van der Waals surface area contributed by atoms with Gasteiger partial charge in [0.15, 0.2) is 11.6 Å². The van der Waals surface area contributed by atoms with Crippen LogP contribution in [0.4, 0.5) is 43.0 Å². The Bertz CT molecular complexity index is 1400. The summed E-state index contributed by atoms with van der Waals surface area (Å²) in [6.45, 7) is 5.11. The number of urea groups is 1. The zero-order valence-corrected chi connectivity index (χ0v) is 21.9. The van der Waals surface area contributed by atoms with Crippen LogP contribution in [0.2, 0.25) is 5.02 Å². The summed E-state index contributed by atoms with van der Waals surface area (Å²) < 4.78 is 74.8. The SMILES string of the molecule is CC#Cc1nnc(N2C(=O)N(C(=O)OC(C)(C)C)C[C@H]2C(=O)N(C)c2ccc(F)c(Cl)c2F)cc1C(F)(F)F. The number of hydrogen-bond donors (Lipinski definition) is 0. The molecule has 9 nitrogen and oxygen atoms in total. The third kappa shape index (κ3) is 6.03. The molecule has 1 aromatic heterocycles. The van der Waals surface area contributed by atoms with E-state index in [1.54, 1.807) is 0 Å². The van der Waals surface area contributed by atoms with Crippen LogP contribution in [-0.4, -0.2) is 58.4 Å². The van der Waals surface area contributed by atoms with Gasteiger partial charge in [-0.25, -0.2) is 23.3 Å². The zero-order chi connectivity index (χ0) is 29.4. The lowest BCUT2D eigenvalue weighted by molar-refractivity contribution is -0.138. The van der Waals surface area contributed by atoms with Gasteiger partial charge in [0, 0.05) is 7.05 Å². The number of benzene rings is 1. The minimum atomic E-state index is -4.97. The van der Waals surface area contributed by atoms with E-state index in [-0.39, 0.29) is 0 Å². The van der Waals surface area contributed by atoms with Crippen molar-refractivity contribution in [3.05, 3.63) is 46.1 Å². The van der Waals surface area contributed by atoms with Crippen molar-refractivity contribution in [2.24, 2.45) is 0 Å². The van der Waals surface area contributed by atoms with Gasteiger partial charge in [0.1, 0.15) is 28.2 Å². The summed E-state index contributed by atoms with van der Waals surface area (Å²) in [6, 6.07) is -0.800. The van der Waals surface area contributed by atoms with Gasteiger partial charge < -0.3 is 9.64 Å². The minimum absolute atomic E-state index is 0.457. The van der Waals surface area contributed by atoms with Crippen LogP contribution >= 0.6 is 11.6 Å². The molecule has 2 aromatic rings. The van der Waals surface area contributed by atoms with Crippen LogP contribution in [-0.2, 0) is 15.7 Å². The Labute approximate surface area is 224 Å². The predicted molar refractivity (Wildman–Crippen MR) is 129 cm³/mol. The Morgan fingerprint density at radius 3 is 2.38 bits per heavy atom. The Balaban J connectivity index is 2.13. The van der Waals surface area contributed by atoms with E-state index in [2.05, 4.69) is 22.0 Å².